The second-order valence-electron chi connectivity index (χ2n) is 6.45. The van der Waals surface area contributed by atoms with Gasteiger partial charge in [0.05, 0.1) is 5.60 Å². The molecule has 4 heteroatoms. The fourth-order valence-corrected chi connectivity index (χ4v) is 2.09. The van der Waals surface area contributed by atoms with Crippen LogP contribution in [0.25, 0.3) is 0 Å². The lowest BCUT2D eigenvalue weighted by atomic mass is 10.1. The van der Waals surface area contributed by atoms with Crippen molar-refractivity contribution in [2.45, 2.75) is 52.7 Å². The van der Waals surface area contributed by atoms with Gasteiger partial charge in [0.15, 0.2) is 0 Å². The van der Waals surface area contributed by atoms with Crippen molar-refractivity contribution in [2.24, 2.45) is 5.92 Å². The maximum absolute atomic E-state index is 11.6. The van der Waals surface area contributed by atoms with Gasteiger partial charge in [-0.15, -0.1) is 0 Å². The van der Waals surface area contributed by atoms with Gasteiger partial charge in [-0.2, -0.15) is 0 Å². The fourth-order valence-electron chi connectivity index (χ4n) is 2.09. The molecule has 106 valence electrons. The molecule has 0 radical (unpaired) electrons. The van der Waals surface area contributed by atoms with Crippen molar-refractivity contribution in [1.82, 2.24) is 10.2 Å². The molecule has 4 nitrogen and oxygen atoms in total. The molecule has 1 saturated heterocycles. The third-order valence-corrected chi connectivity index (χ3v) is 3.27. The molecule has 0 bridgehead atoms. The molecule has 18 heavy (non-hydrogen) atoms. The van der Waals surface area contributed by atoms with Crippen molar-refractivity contribution in [1.29, 1.82) is 0 Å². The first-order chi connectivity index (χ1) is 8.28. The lowest BCUT2D eigenvalue weighted by molar-refractivity contribution is -0.130. The van der Waals surface area contributed by atoms with E-state index in [-0.39, 0.29) is 18.1 Å². The van der Waals surface area contributed by atoms with Gasteiger partial charge in [0.25, 0.3) is 0 Å². The molecule has 1 amide bonds. The van der Waals surface area contributed by atoms with E-state index in [1.807, 2.05) is 20.8 Å². The second-order valence-corrected chi connectivity index (χ2v) is 6.45. The van der Waals surface area contributed by atoms with Crippen molar-refractivity contribution in [3.8, 4) is 0 Å². The summed E-state index contributed by atoms with van der Waals surface area (Å²) in [5, 5.41) is 2.97. The zero-order valence-electron chi connectivity index (χ0n) is 12.5. The molecule has 0 aromatic carbocycles. The average Bonchev–Trinajstić information content (AvgIpc) is 2.71. The second kappa shape index (κ2) is 6.53. The number of rotatable bonds is 5. The first kappa shape index (κ1) is 15.4. The maximum atomic E-state index is 11.6. The Morgan fingerprint density at radius 3 is 2.61 bits per heavy atom. The van der Waals surface area contributed by atoms with Gasteiger partial charge in [-0.05, 0) is 53.5 Å². The van der Waals surface area contributed by atoms with Crippen molar-refractivity contribution < 1.29 is 9.53 Å². The summed E-state index contributed by atoms with van der Waals surface area (Å²) in [5.41, 5.74) is -0.251. The SMILES string of the molecule is CC(C)N1CCC(CNC(=O)COC(C)(C)C)C1. The van der Waals surface area contributed by atoms with Gasteiger partial charge < -0.3 is 15.0 Å². The van der Waals surface area contributed by atoms with Crippen LogP contribution < -0.4 is 5.32 Å². The summed E-state index contributed by atoms with van der Waals surface area (Å²) in [4.78, 5) is 14.1. The maximum Gasteiger partial charge on any atom is 0.246 e. The highest BCUT2D eigenvalue weighted by Crippen LogP contribution is 2.17. The van der Waals surface area contributed by atoms with Gasteiger partial charge in [0.2, 0.25) is 5.91 Å². The molecular weight excluding hydrogens is 228 g/mol. The number of amides is 1. The van der Waals surface area contributed by atoms with Crippen LogP contribution in [0.2, 0.25) is 0 Å². The summed E-state index contributed by atoms with van der Waals surface area (Å²) < 4.78 is 5.44. The number of nitrogens with zero attached hydrogens (tertiary/aromatic N) is 1. The Morgan fingerprint density at radius 1 is 1.44 bits per heavy atom. The molecule has 1 atom stereocenters. The van der Waals surface area contributed by atoms with Crippen LogP contribution in [0.4, 0.5) is 0 Å². The van der Waals surface area contributed by atoms with Gasteiger partial charge in [-0.1, -0.05) is 0 Å². The van der Waals surface area contributed by atoms with E-state index in [0.29, 0.717) is 12.0 Å². The van der Waals surface area contributed by atoms with E-state index < -0.39 is 0 Å². The highest BCUT2D eigenvalue weighted by atomic mass is 16.5. The molecule has 0 spiro atoms. The van der Waals surface area contributed by atoms with Gasteiger partial charge in [0.1, 0.15) is 6.61 Å². The zero-order valence-corrected chi connectivity index (χ0v) is 12.5. The number of hydrogen-bond acceptors (Lipinski definition) is 3. The summed E-state index contributed by atoms with van der Waals surface area (Å²) in [6, 6.07) is 0.606. The summed E-state index contributed by atoms with van der Waals surface area (Å²) in [6.45, 7) is 13.5. The number of carbonyl (C=O) groups is 1. The van der Waals surface area contributed by atoms with Crippen molar-refractivity contribution in [2.75, 3.05) is 26.2 Å². The quantitative estimate of drug-likeness (QED) is 0.813. The van der Waals surface area contributed by atoms with Crippen LogP contribution in [0.1, 0.15) is 41.0 Å². The molecule has 0 aromatic heterocycles. The molecule has 0 aliphatic carbocycles. The summed E-state index contributed by atoms with van der Waals surface area (Å²) in [5.74, 6) is 0.582. The number of ether oxygens (including phenoxy) is 1. The Balaban J connectivity index is 2.16. The Labute approximate surface area is 111 Å². The summed E-state index contributed by atoms with van der Waals surface area (Å²) in [6.07, 6.45) is 1.18. The van der Waals surface area contributed by atoms with Crippen LogP contribution in [0.5, 0.6) is 0 Å². The van der Waals surface area contributed by atoms with Crippen LogP contribution in [0, 0.1) is 5.92 Å². The van der Waals surface area contributed by atoms with Crippen LogP contribution >= 0.6 is 0 Å². The zero-order chi connectivity index (χ0) is 13.8. The lowest BCUT2D eigenvalue weighted by Crippen LogP contribution is -2.36. The fraction of sp³-hybridized carbons (Fsp3) is 0.929. The molecular formula is C14H28N2O2. The number of nitrogens with one attached hydrogen (secondary N) is 1. The molecule has 0 aromatic rings. The Morgan fingerprint density at radius 2 is 2.11 bits per heavy atom. The molecule has 1 unspecified atom stereocenters. The Bertz CT molecular complexity index is 271. The predicted octanol–water partition coefficient (Wildman–Crippen LogP) is 1.65. The van der Waals surface area contributed by atoms with E-state index in [2.05, 4.69) is 24.1 Å². The summed E-state index contributed by atoms with van der Waals surface area (Å²) >= 11 is 0. The third-order valence-electron chi connectivity index (χ3n) is 3.27. The molecule has 1 aliphatic heterocycles. The topological polar surface area (TPSA) is 41.6 Å². The number of hydrogen-bond donors (Lipinski definition) is 1. The van der Waals surface area contributed by atoms with Gasteiger partial charge in [0, 0.05) is 19.1 Å². The molecule has 1 rings (SSSR count). The largest absolute Gasteiger partial charge is 0.366 e. The molecule has 1 heterocycles. The molecule has 0 saturated carbocycles. The normalized spacial score (nSPS) is 21.6. The van der Waals surface area contributed by atoms with Crippen molar-refractivity contribution >= 4 is 5.91 Å². The monoisotopic (exact) mass is 256 g/mol. The van der Waals surface area contributed by atoms with Crippen molar-refractivity contribution in [3.63, 3.8) is 0 Å². The van der Waals surface area contributed by atoms with E-state index >= 15 is 0 Å². The van der Waals surface area contributed by atoms with E-state index in [9.17, 15) is 4.79 Å². The van der Waals surface area contributed by atoms with Gasteiger partial charge >= 0.3 is 0 Å². The highest BCUT2D eigenvalue weighted by molar-refractivity contribution is 5.77. The Kier molecular flexibility index (Phi) is 5.60. The summed E-state index contributed by atoms with van der Waals surface area (Å²) in [7, 11) is 0. The first-order valence-corrected chi connectivity index (χ1v) is 6.92. The van der Waals surface area contributed by atoms with E-state index in [1.165, 1.54) is 6.42 Å². The molecule has 1 N–H and O–H groups in total. The smallest absolute Gasteiger partial charge is 0.246 e. The van der Waals surface area contributed by atoms with Crippen molar-refractivity contribution in [3.05, 3.63) is 0 Å². The third kappa shape index (κ3) is 5.83. The van der Waals surface area contributed by atoms with Crippen LogP contribution in [-0.4, -0.2) is 48.7 Å². The molecule has 1 aliphatic rings. The lowest BCUT2D eigenvalue weighted by Gasteiger charge is -2.21. The average molecular weight is 256 g/mol. The van der Waals surface area contributed by atoms with Gasteiger partial charge in [-0.3, -0.25) is 4.79 Å². The van der Waals surface area contributed by atoms with Crippen LogP contribution in [0.15, 0.2) is 0 Å². The van der Waals surface area contributed by atoms with E-state index in [4.69, 9.17) is 4.74 Å². The minimum absolute atomic E-state index is 0.00655. The first-order valence-electron chi connectivity index (χ1n) is 6.92. The van der Waals surface area contributed by atoms with Crippen LogP contribution in [0.3, 0.4) is 0 Å². The van der Waals surface area contributed by atoms with E-state index in [0.717, 1.165) is 19.6 Å². The number of carbonyl (C=O) groups excluding carboxylic acids is 1. The predicted molar refractivity (Wildman–Crippen MR) is 73.5 cm³/mol. The van der Waals surface area contributed by atoms with Gasteiger partial charge in [-0.25, -0.2) is 0 Å². The standard InChI is InChI=1S/C14H28N2O2/c1-11(2)16-7-6-12(9-16)8-15-13(17)10-18-14(3,4)5/h11-12H,6-10H2,1-5H3,(H,15,17). The minimum Gasteiger partial charge on any atom is -0.366 e. The highest BCUT2D eigenvalue weighted by Gasteiger charge is 2.24. The number of likely N-dealkylation sites (tertiary alicyclic amines) is 1. The Hall–Kier alpha value is -0.610. The minimum atomic E-state index is -0.251. The van der Waals surface area contributed by atoms with Crippen LogP contribution in [-0.2, 0) is 9.53 Å². The van der Waals surface area contributed by atoms with E-state index in [1.54, 1.807) is 0 Å². The molecule has 1 fully saturated rings.